The molecule has 0 aromatic heterocycles. The van der Waals surface area contributed by atoms with E-state index in [0.29, 0.717) is 18.8 Å². The Labute approximate surface area is 215 Å². The molecule has 3 rings (SSSR count). The van der Waals surface area contributed by atoms with Gasteiger partial charge in [-0.05, 0) is 50.3 Å². The Morgan fingerprint density at radius 3 is 2.64 bits per heavy atom. The maximum Gasteiger partial charge on any atom is 0.191 e. The van der Waals surface area contributed by atoms with Crippen LogP contribution in [0.25, 0.3) is 0 Å². The van der Waals surface area contributed by atoms with E-state index in [2.05, 4.69) is 34.6 Å². The molecular weight excluding hydrogens is 535 g/mol. The summed E-state index contributed by atoms with van der Waals surface area (Å²) >= 11 is 0. The van der Waals surface area contributed by atoms with Gasteiger partial charge in [0.15, 0.2) is 5.96 Å². The molecule has 0 amide bonds. The third-order valence-electron chi connectivity index (χ3n) is 5.82. The number of nitrogens with one attached hydrogen (secondary N) is 2. The lowest BCUT2D eigenvalue weighted by molar-refractivity contribution is 0.0171. The highest BCUT2D eigenvalue weighted by Crippen LogP contribution is 2.24. The van der Waals surface area contributed by atoms with Crippen LogP contribution in [0.1, 0.15) is 38.2 Å². The van der Waals surface area contributed by atoms with E-state index in [1.54, 1.807) is 14.2 Å². The standard InChI is InChI=1S/C24H40N4O4.HI/c1-4-25-24(26-9-6-11-31-18-21-7-5-12-32-21)27-20-8-10-28(17-20)16-19-13-22(29-2)15-23(14-19)30-3;/h13-15,20-21H,4-12,16-18H2,1-3H3,(H2,25,26,27);1H. The van der Waals surface area contributed by atoms with E-state index in [1.807, 2.05) is 6.07 Å². The Kier molecular flexibility index (Phi) is 13.2. The summed E-state index contributed by atoms with van der Waals surface area (Å²) in [6, 6.07) is 6.45. The van der Waals surface area contributed by atoms with Crippen LogP contribution in [-0.2, 0) is 16.0 Å². The van der Waals surface area contributed by atoms with Gasteiger partial charge in [0.2, 0.25) is 0 Å². The Morgan fingerprint density at radius 2 is 1.97 bits per heavy atom. The van der Waals surface area contributed by atoms with Crippen molar-refractivity contribution in [2.75, 3.05) is 60.2 Å². The van der Waals surface area contributed by atoms with Gasteiger partial charge < -0.3 is 29.6 Å². The van der Waals surface area contributed by atoms with Crippen molar-refractivity contribution in [2.24, 2.45) is 4.99 Å². The fourth-order valence-electron chi connectivity index (χ4n) is 4.17. The summed E-state index contributed by atoms with van der Waals surface area (Å²) in [5.74, 6) is 2.55. The Morgan fingerprint density at radius 1 is 1.18 bits per heavy atom. The molecule has 2 aliphatic heterocycles. The SMILES string of the molecule is CCNC(=NCCCOCC1CCCO1)NC1CCN(Cc2cc(OC)cc(OC)c2)C1.I. The first kappa shape index (κ1) is 27.9. The number of methoxy groups -OCH3 is 2. The minimum atomic E-state index is 0. The van der Waals surface area contributed by atoms with Gasteiger partial charge >= 0.3 is 0 Å². The Hall–Kier alpha value is -1.30. The fourth-order valence-corrected chi connectivity index (χ4v) is 4.17. The highest BCUT2D eigenvalue weighted by Gasteiger charge is 2.23. The van der Waals surface area contributed by atoms with E-state index in [-0.39, 0.29) is 24.0 Å². The number of ether oxygens (including phenoxy) is 4. The molecule has 188 valence electrons. The minimum absolute atomic E-state index is 0. The van der Waals surface area contributed by atoms with Crippen LogP contribution in [0.4, 0.5) is 0 Å². The van der Waals surface area contributed by atoms with E-state index >= 15 is 0 Å². The summed E-state index contributed by atoms with van der Waals surface area (Å²) in [7, 11) is 3.37. The molecule has 1 aromatic rings. The predicted octanol–water partition coefficient (Wildman–Crippen LogP) is 3.04. The Balaban J connectivity index is 0.00000385. The van der Waals surface area contributed by atoms with Gasteiger partial charge in [-0.25, -0.2) is 0 Å². The molecule has 33 heavy (non-hydrogen) atoms. The third-order valence-corrected chi connectivity index (χ3v) is 5.82. The summed E-state index contributed by atoms with van der Waals surface area (Å²) in [4.78, 5) is 7.19. The third kappa shape index (κ3) is 9.84. The number of aliphatic imine (C=N–C) groups is 1. The van der Waals surface area contributed by atoms with Gasteiger partial charge in [-0.2, -0.15) is 0 Å². The molecule has 0 radical (unpaired) electrons. The highest BCUT2D eigenvalue weighted by molar-refractivity contribution is 14.0. The smallest absolute Gasteiger partial charge is 0.191 e. The van der Waals surface area contributed by atoms with Crippen LogP contribution >= 0.6 is 24.0 Å². The average Bonchev–Trinajstić information content (AvgIpc) is 3.48. The lowest BCUT2D eigenvalue weighted by Crippen LogP contribution is -2.44. The zero-order chi connectivity index (χ0) is 22.6. The van der Waals surface area contributed by atoms with Crippen molar-refractivity contribution < 1.29 is 18.9 Å². The number of likely N-dealkylation sites (tertiary alicyclic amines) is 1. The van der Waals surface area contributed by atoms with Gasteiger partial charge in [0, 0.05) is 58.0 Å². The molecular formula is C24H41IN4O4. The second kappa shape index (κ2) is 15.6. The van der Waals surface area contributed by atoms with Crippen LogP contribution in [0.15, 0.2) is 23.2 Å². The molecule has 1 aromatic carbocycles. The molecule has 2 saturated heterocycles. The maximum absolute atomic E-state index is 5.74. The molecule has 2 fully saturated rings. The maximum atomic E-state index is 5.74. The first-order chi connectivity index (χ1) is 15.7. The van der Waals surface area contributed by atoms with Crippen LogP contribution in [0.5, 0.6) is 11.5 Å². The van der Waals surface area contributed by atoms with E-state index in [4.69, 9.17) is 23.9 Å². The van der Waals surface area contributed by atoms with E-state index in [9.17, 15) is 0 Å². The van der Waals surface area contributed by atoms with Crippen molar-refractivity contribution >= 4 is 29.9 Å². The highest BCUT2D eigenvalue weighted by atomic mass is 127. The van der Waals surface area contributed by atoms with Crippen molar-refractivity contribution in [3.63, 3.8) is 0 Å². The van der Waals surface area contributed by atoms with Crippen LogP contribution in [0.2, 0.25) is 0 Å². The first-order valence-corrected chi connectivity index (χ1v) is 11.9. The molecule has 2 unspecified atom stereocenters. The molecule has 0 saturated carbocycles. The molecule has 9 heteroatoms. The summed E-state index contributed by atoms with van der Waals surface area (Å²) in [5.41, 5.74) is 1.20. The number of halogens is 1. The largest absolute Gasteiger partial charge is 0.497 e. The van der Waals surface area contributed by atoms with Crippen molar-refractivity contribution in [1.82, 2.24) is 15.5 Å². The van der Waals surface area contributed by atoms with Gasteiger partial charge in [-0.3, -0.25) is 9.89 Å². The lowest BCUT2D eigenvalue weighted by Gasteiger charge is -2.19. The minimum Gasteiger partial charge on any atom is -0.497 e. The van der Waals surface area contributed by atoms with Crippen molar-refractivity contribution in [3.8, 4) is 11.5 Å². The molecule has 0 bridgehead atoms. The molecule has 8 nitrogen and oxygen atoms in total. The van der Waals surface area contributed by atoms with E-state index < -0.39 is 0 Å². The van der Waals surface area contributed by atoms with Crippen LogP contribution < -0.4 is 20.1 Å². The summed E-state index contributed by atoms with van der Waals surface area (Å²) < 4.78 is 22.1. The normalized spacial score (nSPS) is 21.0. The van der Waals surface area contributed by atoms with Crippen LogP contribution in [0, 0.1) is 0 Å². The molecule has 2 atom stereocenters. The molecule has 2 aliphatic rings. The molecule has 2 N–H and O–H groups in total. The van der Waals surface area contributed by atoms with Crippen molar-refractivity contribution in [1.29, 1.82) is 0 Å². The predicted molar refractivity (Wildman–Crippen MR) is 142 cm³/mol. The lowest BCUT2D eigenvalue weighted by atomic mass is 10.2. The summed E-state index contributed by atoms with van der Waals surface area (Å²) in [5, 5.41) is 6.97. The van der Waals surface area contributed by atoms with Gasteiger partial charge in [0.25, 0.3) is 0 Å². The zero-order valence-electron chi connectivity index (χ0n) is 20.3. The van der Waals surface area contributed by atoms with Gasteiger partial charge in [0.05, 0.1) is 26.9 Å². The van der Waals surface area contributed by atoms with Gasteiger partial charge in [0.1, 0.15) is 11.5 Å². The topological polar surface area (TPSA) is 76.6 Å². The summed E-state index contributed by atoms with van der Waals surface area (Å²) in [6.07, 6.45) is 4.58. The van der Waals surface area contributed by atoms with Crippen molar-refractivity contribution in [2.45, 2.75) is 51.3 Å². The van der Waals surface area contributed by atoms with E-state index in [0.717, 1.165) is 89.1 Å². The average molecular weight is 577 g/mol. The Bertz CT molecular complexity index is 693. The number of hydrogen-bond acceptors (Lipinski definition) is 6. The summed E-state index contributed by atoms with van der Waals surface area (Å²) in [6.45, 7) is 8.91. The molecule has 2 heterocycles. The number of benzene rings is 1. The van der Waals surface area contributed by atoms with E-state index in [1.165, 1.54) is 5.56 Å². The first-order valence-electron chi connectivity index (χ1n) is 11.9. The van der Waals surface area contributed by atoms with Crippen molar-refractivity contribution in [3.05, 3.63) is 23.8 Å². The number of hydrogen-bond donors (Lipinski definition) is 2. The number of guanidine groups is 1. The van der Waals surface area contributed by atoms with Gasteiger partial charge in [-0.15, -0.1) is 24.0 Å². The fraction of sp³-hybridized carbons (Fsp3) is 0.708. The van der Waals surface area contributed by atoms with Crippen LogP contribution in [0.3, 0.4) is 0 Å². The zero-order valence-corrected chi connectivity index (χ0v) is 22.6. The number of nitrogens with zero attached hydrogens (tertiary/aromatic N) is 2. The number of rotatable bonds is 12. The van der Waals surface area contributed by atoms with Gasteiger partial charge in [-0.1, -0.05) is 0 Å². The van der Waals surface area contributed by atoms with Crippen LogP contribution in [-0.4, -0.2) is 83.2 Å². The monoisotopic (exact) mass is 576 g/mol. The second-order valence-electron chi connectivity index (χ2n) is 8.41. The quantitative estimate of drug-likeness (QED) is 0.172. The second-order valence-corrected chi connectivity index (χ2v) is 8.41. The molecule has 0 spiro atoms. The molecule has 0 aliphatic carbocycles.